The Labute approximate surface area is 180 Å². The van der Waals surface area contributed by atoms with Gasteiger partial charge in [0.05, 0.1) is 12.6 Å². The summed E-state index contributed by atoms with van der Waals surface area (Å²) in [6.45, 7) is 0.111. The largest absolute Gasteiger partial charge is 0.494 e. The van der Waals surface area contributed by atoms with Gasteiger partial charge in [-0.05, 0) is 34.7 Å². The molecule has 2 heterocycles. The zero-order valence-electron chi connectivity index (χ0n) is 16.7. The lowest BCUT2D eigenvalue weighted by Crippen LogP contribution is -2.50. The Balaban J connectivity index is 1.46. The van der Waals surface area contributed by atoms with E-state index in [2.05, 4.69) is 5.32 Å². The van der Waals surface area contributed by atoms with Crippen molar-refractivity contribution in [3.63, 3.8) is 0 Å². The van der Waals surface area contributed by atoms with Crippen molar-refractivity contribution in [2.45, 2.75) is 31.2 Å². The van der Waals surface area contributed by atoms with E-state index >= 15 is 0 Å². The average molecular weight is 417 g/mol. The van der Waals surface area contributed by atoms with Crippen LogP contribution in [-0.4, -0.2) is 24.2 Å². The first-order chi connectivity index (χ1) is 15.1. The number of hydrogen-bond acceptors (Lipinski definition) is 5. The lowest BCUT2D eigenvalue weighted by molar-refractivity contribution is -0.160. The summed E-state index contributed by atoms with van der Waals surface area (Å²) in [6.07, 6.45) is -0.154. The van der Waals surface area contributed by atoms with Crippen LogP contribution < -0.4 is 10.8 Å². The Bertz CT molecular complexity index is 1100. The number of cyclic esters (lactones) is 1. The third-order valence-electron chi connectivity index (χ3n) is 5.96. The van der Waals surface area contributed by atoms with E-state index in [-0.39, 0.29) is 24.1 Å². The van der Waals surface area contributed by atoms with Gasteiger partial charge >= 0.3 is 13.1 Å². The van der Waals surface area contributed by atoms with E-state index in [4.69, 9.17) is 9.39 Å². The van der Waals surface area contributed by atoms with Gasteiger partial charge in [0.15, 0.2) is 0 Å². The number of ether oxygens (including phenoxy) is 1. The maximum Gasteiger partial charge on any atom is 0.494 e. The van der Waals surface area contributed by atoms with Crippen LogP contribution >= 0.6 is 0 Å². The van der Waals surface area contributed by atoms with Crippen LogP contribution in [0.4, 0.5) is 4.39 Å². The number of rotatable bonds is 4. The summed E-state index contributed by atoms with van der Waals surface area (Å²) in [7, 11) is -1.28. The number of fused-ring (bicyclic) bond motifs is 1. The van der Waals surface area contributed by atoms with Crippen LogP contribution in [0.3, 0.4) is 0 Å². The molecule has 0 aliphatic carbocycles. The van der Waals surface area contributed by atoms with Gasteiger partial charge in [0, 0.05) is 5.46 Å². The van der Waals surface area contributed by atoms with E-state index in [0.717, 1.165) is 16.7 Å². The standard InChI is InChI=1S/C24H21BFNO4/c26-19-12-11-17(18-14-30-25(29)21(18)19)13-20-24(28)31-23(16-9-5-2-6-10-16)22(27-20)15-7-3-1-4-8-15/h1-12,20,22-23,27,29H,13-14H2/t20-,22-,23+/m0/s1. The normalized spacial score (nSPS) is 22.8. The average Bonchev–Trinajstić information content (AvgIpc) is 3.20. The Hall–Kier alpha value is -3.00. The van der Waals surface area contributed by atoms with Crippen LogP contribution in [0.5, 0.6) is 0 Å². The maximum atomic E-state index is 14.2. The highest BCUT2D eigenvalue weighted by Crippen LogP contribution is 2.36. The third-order valence-corrected chi connectivity index (χ3v) is 5.96. The maximum absolute atomic E-state index is 14.2. The predicted molar refractivity (Wildman–Crippen MR) is 114 cm³/mol. The fourth-order valence-electron chi connectivity index (χ4n) is 4.40. The summed E-state index contributed by atoms with van der Waals surface area (Å²) in [6, 6.07) is 21.6. The van der Waals surface area contributed by atoms with E-state index in [0.29, 0.717) is 12.0 Å². The second-order valence-electron chi connectivity index (χ2n) is 7.84. The highest BCUT2D eigenvalue weighted by molar-refractivity contribution is 6.61. The molecule has 2 aliphatic heterocycles. The van der Waals surface area contributed by atoms with Gasteiger partial charge in [-0.25, -0.2) is 4.39 Å². The number of morpholine rings is 1. The first kappa shape index (κ1) is 19.9. The Morgan fingerprint density at radius 1 is 1.00 bits per heavy atom. The van der Waals surface area contributed by atoms with Crippen LogP contribution in [0, 0.1) is 5.82 Å². The molecular formula is C24H21BFNO4. The number of carbonyl (C=O) groups excluding carboxylic acids is 1. The lowest BCUT2D eigenvalue weighted by atomic mass is 9.77. The van der Waals surface area contributed by atoms with E-state index in [1.54, 1.807) is 6.07 Å². The first-order valence-corrected chi connectivity index (χ1v) is 10.3. The molecule has 2 aliphatic rings. The SMILES string of the molecule is O=C1O[C@H](c2ccccc2)[C@H](c2ccccc2)N[C@H]1Cc1ccc(F)c2c1COB2O. The van der Waals surface area contributed by atoms with E-state index in [1.807, 2.05) is 60.7 Å². The number of esters is 1. The van der Waals surface area contributed by atoms with E-state index < -0.39 is 25.1 Å². The number of benzene rings is 3. The van der Waals surface area contributed by atoms with Crippen LogP contribution in [-0.2, 0) is 27.2 Å². The number of hydrogen-bond donors (Lipinski definition) is 2. The molecule has 3 aromatic carbocycles. The topological polar surface area (TPSA) is 67.8 Å². The van der Waals surface area contributed by atoms with Gasteiger partial charge in [-0.15, -0.1) is 0 Å². The molecule has 0 unspecified atom stereocenters. The fourth-order valence-corrected chi connectivity index (χ4v) is 4.40. The summed E-state index contributed by atoms with van der Waals surface area (Å²) < 4.78 is 25.3. The van der Waals surface area contributed by atoms with Gasteiger partial charge in [-0.2, -0.15) is 0 Å². The fraction of sp³-hybridized carbons (Fsp3) is 0.208. The molecule has 156 valence electrons. The molecule has 5 nitrogen and oxygen atoms in total. The van der Waals surface area contributed by atoms with Gasteiger partial charge in [0.25, 0.3) is 0 Å². The summed E-state index contributed by atoms with van der Waals surface area (Å²) in [5.74, 6) is -0.868. The second kappa shape index (κ2) is 8.27. The second-order valence-corrected chi connectivity index (χ2v) is 7.84. The molecule has 3 aromatic rings. The predicted octanol–water partition coefficient (Wildman–Crippen LogP) is 2.58. The van der Waals surface area contributed by atoms with Gasteiger partial charge < -0.3 is 14.4 Å². The minimum atomic E-state index is -1.28. The Kier molecular flexibility index (Phi) is 5.32. The van der Waals surface area contributed by atoms with E-state index in [9.17, 15) is 14.2 Å². The highest BCUT2D eigenvalue weighted by atomic mass is 19.1. The molecular weight excluding hydrogens is 396 g/mol. The van der Waals surface area contributed by atoms with Crippen molar-refractivity contribution >= 4 is 18.6 Å². The molecule has 0 amide bonds. The highest BCUT2D eigenvalue weighted by Gasteiger charge is 2.40. The van der Waals surface area contributed by atoms with Crippen molar-refractivity contribution in [2.75, 3.05) is 0 Å². The minimum Gasteiger partial charge on any atom is -0.454 e. The summed E-state index contributed by atoms with van der Waals surface area (Å²) >= 11 is 0. The Morgan fingerprint density at radius 2 is 1.68 bits per heavy atom. The van der Waals surface area contributed by atoms with E-state index in [1.165, 1.54) is 6.07 Å². The summed E-state index contributed by atoms with van der Waals surface area (Å²) in [4.78, 5) is 13.0. The van der Waals surface area contributed by atoms with Crippen LogP contribution in [0.2, 0.25) is 0 Å². The summed E-state index contributed by atoms with van der Waals surface area (Å²) in [5.41, 5.74) is 3.44. The van der Waals surface area contributed by atoms with Crippen LogP contribution in [0.15, 0.2) is 72.8 Å². The molecule has 0 spiro atoms. The lowest BCUT2D eigenvalue weighted by Gasteiger charge is -2.37. The van der Waals surface area contributed by atoms with Gasteiger partial charge in [-0.3, -0.25) is 10.1 Å². The molecule has 5 rings (SSSR count). The molecule has 31 heavy (non-hydrogen) atoms. The van der Waals surface area contributed by atoms with Crippen molar-refractivity contribution in [2.24, 2.45) is 0 Å². The zero-order valence-corrected chi connectivity index (χ0v) is 16.7. The molecule has 0 aromatic heterocycles. The van der Waals surface area contributed by atoms with Crippen molar-refractivity contribution in [1.82, 2.24) is 5.32 Å². The van der Waals surface area contributed by atoms with Crippen molar-refractivity contribution in [3.8, 4) is 0 Å². The first-order valence-electron chi connectivity index (χ1n) is 10.3. The van der Waals surface area contributed by atoms with Crippen molar-refractivity contribution < 1.29 is 23.6 Å². The Morgan fingerprint density at radius 3 is 2.39 bits per heavy atom. The smallest absolute Gasteiger partial charge is 0.454 e. The summed E-state index contributed by atoms with van der Waals surface area (Å²) in [5, 5.41) is 13.4. The van der Waals surface area contributed by atoms with Crippen LogP contribution in [0.1, 0.15) is 34.4 Å². The van der Waals surface area contributed by atoms with Crippen LogP contribution in [0.25, 0.3) is 0 Å². The zero-order chi connectivity index (χ0) is 21.4. The molecule has 7 heteroatoms. The monoisotopic (exact) mass is 417 g/mol. The minimum absolute atomic E-state index is 0.111. The molecule has 1 fully saturated rings. The van der Waals surface area contributed by atoms with Crippen molar-refractivity contribution in [3.05, 3.63) is 101 Å². The molecule has 3 atom stereocenters. The molecule has 2 N–H and O–H groups in total. The molecule has 1 saturated heterocycles. The quantitative estimate of drug-likeness (QED) is 0.505. The number of halogens is 1. The third kappa shape index (κ3) is 3.76. The number of nitrogens with one attached hydrogen (secondary N) is 1. The molecule has 0 bridgehead atoms. The van der Waals surface area contributed by atoms with Gasteiger partial charge in [0.1, 0.15) is 18.0 Å². The van der Waals surface area contributed by atoms with Gasteiger partial charge in [0.2, 0.25) is 0 Å². The van der Waals surface area contributed by atoms with Crippen molar-refractivity contribution in [1.29, 1.82) is 0 Å². The molecule has 0 saturated carbocycles. The van der Waals surface area contributed by atoms with Gasteiger partial charge in [-0.1, -0.05) is 66.7 Å². The molecule has 0 radical (unpaired) electrons. The number of carbonyl (C=O) groups is 1.